The topological polar surface area (TPSA) is 73.6 Å². The molecule has 30 heavy (non-hydrogen) atoms. The summed E-state index contributed by atoms with van der Waals surface area (Å²) in [7, 11) is -0.917. The summed E-state index contributed by atoms with van der Waals surface area (Å²) in [5.41, 5.74) is 2.28. The zero-order chi connectivity index (χ0) is 21.0. The third-order valence-corrected chi connectivity index (χ3v) is 6.69. The molecule has 1 N–H and O–H groups in total. The molecule has 0 atom stereocenters. The Morgan fingerprint density at radius 1 is 0.933 bits per heavy atom. The highest BCUT2D eigenvalue weighted by molar-refractivity contribution is 7.62. The van der Waals surface area contributed by atoms with Gasteiger partial charge in [0.15, 0.2) is 0 Å². The third-order valence-electron chi connectivity index (χ3n) is 4.91. The molecular weight excluding hydrogens is 399 g/mol. The van der Waals surface area contributed by atoms with Crippen LogP contribution in [0.3, 0.4) is 0 Å². The standard InChI is InChI=1S/C23H23N2O4P/c1-27-30(26,28-2)23-22(24-16-17-9-4-3-5-10-17)29-21(25-23)15-19-13-8-12-18-11-6-7-14-20(18)19/h3-14,24H,15-16H2,1-2H3. The summed E-state index contributed by atoms with van der Waals surface area (Å²) >= 11 is 0. The van der Waals surface area contributed by atoms with E-state index in [1.807, 2.05) is 54.6 Å². The van der Waals surface area contributed by atoms with Crippen LogP contribution < -0.4 is 10.8 Å². The fourth-order valence-corrected chi connectivity index (χ4v) is 4.47. The number of aromatic nitrogens is 1. The zero-order valence-corrected chi connectivity index (χ0v) is 17.8. The van der Waals surface area contributed by atoms with Crippen molar-refractivity contribution in [3.63, 3.8) is 0 Å². The largest absolute Gasteiger partial charge is 0.424 e. The Morgan fingerprint density at radius 2 is 1.63 bits per heavy atom. The van der Waals surface area contributed by atoms with Crippen molar-refractivity contribution in [2.45, 2.75) is 13.0 Å². The van der Waals surface area contributed by atoms with Crippen molar-refractivity contribution in [2.75, 3.05) is 19.5 Å². The van der Waals surface area contributed by atoms with E-state index in [9.17, 15) is 4.57 Å². The Hall–Kier alpha value is -2.92. The van der Waals surface area contributed by atoms with Gasteiger partial charge in [-0.2, -0.15) is 0 Å². The van der Waals surface area contributed by atoms with Crippen molar-refractivity contribution >= 4 is 29.7 Å². The van der Waals surface area contributed by atoms with E-state index in [1.165, 1.54) is 14.2 Å². The van der Waals surface area contributed by atoms with E-state index in [1.54, 1.807) is 0 Å². The SMILES string of the molecule is COP(=O)(OC)c1nc(Cc2cccc3ccccc23)oc1NCc1ccccc1. The van der Waals surface area contributed by atoms with Gasteiger partial charge in [-0.05, 0) is 21.9 Å². The Bertz CT molecular complexity index is 1180. The summed E-state index contributed by atoms with van der Waals surface area (Å²) in [6.45, 7) is 0.490. The number of hydrogen-bond acceptors (Lipinski definition) is 6. The van der Waals surface area contributed by atoms with Crippen LogP contribution in [0.1, 0.15) is 17.0 Å². The molecule has 0 fully saturated rings. The van der Waals surface area contributed by atoms with Crippen LogP contribution in [0.25, 0.3) is 10.8 Å². The molecule has 6 nitrogen and oxygen atoms in total. The van der Waals surface area contributed by atoms with Gasteiger partial charge in [-0.25, -0.2) is 4.98 Å². The van der Waals surface area contributed by atoms with Gasteiger partial charge in [0, 0.05) is 20.8 Å². The molecule has 0 radical (unpaired) electrons. The minimum atomic E-state index is -3.59. The van der Waals surface area contributed by atoms with Crippen LogP contribution in [0.15, 0.2) is 77.2 Å². The van der Waals surface area contributed by atoms with Gasteiger partial charge in [0.2, 0.25) is 17.2 Å². The first-order valence-corrected chi connectivity index (χ1v) is 11.1. The summed E-state index contributed by atoms with van der Waals surface area (Å²) < 4.78 is 29.4. The van der Waals surface area contributed by atoms with Gasteiger partial charge in [-0.3, -0.25) is 4.57 Å². The van der Waals surface area contributed by atoms with E-state index in [0.29, 0.717) is 24.7 Å². The lowest BCUT2D eigenvalue weighted by molar-refractivity contribution is 0.286. The van der Waals surface area contributed by atoms with E-state index in [0.717, 1.165) is 21.9 Å². The number of nitrogens with one attached hydrogen (secondary N) is 1. The highest BCUT2D eigenvalue weighted by Gasteiger charge is 2.34. The van der Waals surface area contributed by atoms with E-state index in [-0.39, 0.29) is 5.44 Å². The van der Waals surface area contributed by atoms with Gasteiger partial charge < -0.3 is 18.8 Å². The lowest BCUT2D eigenvalue weighted by atomic mass is 10.0. The van der Waals surface area contributed by atoms with E-state index in [2.05, 4.69) is 28.5 Å². The Labute approximate surface area is 175 Å². The fraction of sp³-hybridized carbons (Fsp3) is 0.174. The molecule has 1 heterocycles. The smallest absolute Gasteiger partial charge is 0.384 e. The van der Waals surface area contributed by atoms with Gasteiger partial charge in [-0.1, -0.05) is 72.8 Å². The number of hydrogen-bond donors (Lipinski definition) is 1. The molecule has 4 rings (SSSR count). The van der Waals surface area contributed by atoms with Crippen molar-refractivity contribution < 1.29 is 18.0 Å². The highest BCUT2D eigenvalue weighted by atomic mass is 31.2. The Kier molecular flexibility index (Phi) is 6.00. The van der Waals surface area contributed by atoms with Gasteiger partial charge in [-0.15, -0.1) is 0 Å². The molecule has 0 bridgehead atoms. The molecule has 154 valence electrons. The van der Waals surface area contributed by atoms with Crippen LogP contribution in [0.4, 0.5) is 5.88 Å². The monoisotopic (exact) mass is 422 g/mol. The predicted molar refractivity (Wildman–Crippen MR) is 118 cm³/mol. The molecule has 7 heteroatoms. The molecule has 0 unspecified atom stereocenters. The lowest BCUT2D eigenvalue weighted by Crippen LogP contribution is -2.15. The third kappa shape index (κ3) is 4.17. The van der Waals surface area contributed by atoms with Crippen molar-refractivity contribution in [1.82, 2.24) is 4.98 Å². The number of anilines is 1. The minimum Gasteiger partial charge on any atom is -0.424 e. The van der Waals surface area contributed by atoms with Gasteiger partial charge in [0.25, 0.3) is 0 Å². The van der Waals surface area contributed by atoms with Crippen molar-refractivity contribution in [3.8, 4) is 0 Å². The van der Waals surface area contributed by atoms with E-state index >= 15 is 0 Å². The summed E-state index contributed by atoms with van der Waals surface area (Å²) in [5.74, 6) is 0.729. The molecule has 0 spiro atoms. The zero-order valence-electron chi connectivity index (χ0n) is 16.9. The predicted octanol–water partition coefficient (Wildman–Crippen LogP) is 5.14. The highest BCUT2D eigenvalue weighted by Crippen LogP contribution is 2.47. The second-order valence-electron chi connectivity index (χ2n) is 6.78. The second kappa shape index (κ2) is 8.84. The molecule has 4 aromatic rings. The summed E-state index contributed by atoms with van der Waals surface area (Å²) in [5, 5.41) is 5.45. The average Bonchev–Trinajstić information content (AvgIpc) is 3.21. The van der Waals surface area contributed by atoms with Gasteiger partial charge in [0.05, 0.1) is 6.42 Å². The molecule has 0 aliphatic heterocycles. The lowest BCUT2D eigenvalue weighted by Gasteiger charge is -2.12. The van der Waals surface area contributed by atoms with Crippen LogP contribution >= 0.6 is 7.60 Å². The number of fused-ring (bicyclic) bond motifs is 1. The molecule has 3 aromatic carbocycles. The van der Waals surface area contributed by atoms with Crippen molar-refractivity contribution in [1.29, 1.82) is 0 Å². The molecule has 0 aliphatic carbocycles. The molecule has 0 saturated carbocycles. The Balaban J connectivity index is 1.68. The normalized spacial score (nSPS) is 11.7. The van der Waals surface area contributed by atoms with Gasteiger partial charge >= 0.3 is 7.60 Å². The molecule has 0 saturated heterocycles. The quantitative estimate of drug-likeness (QED) is 0.396. The number of nitrogens with zero attached hydrogens (tertiary/aromatic N) is 1. The van der Waals surface area contributed by atoms with E-state index in [4.69, 9.17) is 13.5 Å². The molecule has 1 aromatic heterocycles. The first-order chi connectivity index (χ1) is 14.6. The first-order valence-electron chi connectivity index (χ1n) is 9.59. The number of benzene rings is 3. The van der Waals surface area contributed by atoms with E-state index < -0.39 is 7.60 Å². The van der Waals surface area contributed by atoms with Gasteiger partial charge in [0.1, 0.15) is 0 Å². The van der Waals surface area contributed by atoms with Crippen LogP contribution in [0.5, 0.6) is 0 Å². The summed E-state index contributed by atoms with van der Waals surface area (Å²) in [6, 6.07) is 24.1. The summed E-state index contributed by atoms with van der Waals surface area (Å²) in [4.78, 5) is 4.50. The first kappa shape index (κ1) is 20.4. The summed E-state index contributed by atoms with van der Waals surface area (Å²) in [6.07, 6.45) is 0.453. The number of rotatable bonds is 8. The molecule has 0 amide bonds. The molecule has 0 aliphatic rings. The average molecular weight is 422 g/mol. The number of oxazole rings is 1. The van der Waals surface area contributed by atoms with Crippen LogP contribution in [0, 0.1) is 0 Å². The molecular formula is C23H23N2O4P. The maximum absolute atomic E-state index is 13.1. The minimum absolute atomic E-state index is 0.152. The van der Waals surface area contributed by atoms with Crippen LogP contribution in [-0.4, -0.2) is 19.2 Å². The van der Waals surface area contributed by atoms with Crippen LogP contribution in [0.2, 0.25) is 0 Å². The maximum atomic E-state index is 13.1. The second-order valence-corrected chi connectivity index (χ2v) is 8.93. The van der Waals surface area contributed by atoms with Crippen molar-refractivity contribution in [2.24, 2.45) is 0 Å². The fourth-order valence-electron chi connectivity index (χ4n) is 3.37. The maximum Gasteiger partial charge on any atom is 0.384 e. The van der Waals surface area contributed by atoms with Crippen molar-refractivity contribution in [3.05, 3.63) is 89.8 Å². The van der Waals surface area contributed by atoms with Crippen LogP contribution in [-0.2, 0) is 26.6 Å². The Morgan fingerprint density at radius 3 is 2.40 bits per heavy atom.